The van der Waals surface area contributed by atoms with Crippen molar-refractivity contribution >= 4 is 11.8 Å². The summed E-state index contributed by atoms with van der Waals surface area (Å²) in [6.45, 7) is 5.56. The van der Waals surface area contributed by atoms with Crippen LogP contribution in [-0.2, 0) is 16.1 Å². The van der Waals surface area contributed by atoms with Crippen molar-refractivity contribution < 1.29 is 9.59 Å². The lowest BCUT2D eigenvalue weighted by molar-refractivity contribution is -0.142. The largest absolute Gasteiger partial charge is 0.348 e. The number of hydrogen-bond donors (Lipinski definition) is 1. The number of hydrogen-bond acceptors (Lipinski definition) is 4. The Kier molecular flexibility index (Phi) is 4.74. The van der Waals surface area contributed by atoms with Crippen LogP contribution >= 0.6 is 0 Å². The van der Waals surface area contributed by atoms with Crippen molar-refractivity contribution in [2.75, 3.05) is 39.3 Å². The van der Waals surface area contributed by atoms with Crippen molar-refractivity contribution in [3.05, 3.63) is 18.2 Å². The number of likely N-dealkylation sites (tertiary alicyclic amines) is 1. The summed E-state index contributed by atoms with van der Waals surface area (Å²) < 4.78 is 0. The van der Waals surface area contributed by atoms with Gasteiger partial charge in [0.1, 0.15) is 5.82 Å². The second-order valence-electron chi connectivity index (χ2n) is 7.53. The summed E-state index contributed by atoms with van der Waals surface area (Å²) in [7, 11) is 0. The SMILES string of the molecule is O=C(C1CCCN(C(=O)C2CC2)C1)N1CCN(Cc2ncc[nH]2)CC1. The number of aromatic amines is 1. The molecule has 1 N–H and O–H groups in total. The van der Waals surface area contributed by atoms with Crippen LogP contribution < -0.4 is 0 Å². The molecule has 1 aromatic rings. The summed E-state index contributed by atoms with van der Waals surface area (Å²) in [6.07, 6.45) is 7.55. The molecule has 1 atom stereocenters. The minimum atomic E-state index is -0.00641. The molecule has 2 saturated heterocycles. The maximum atomic E-state index is 12.9. The highest BCUT2D eigenvalue weighted by atomic mass is 16.2. The third-order valence-corrected chi connectivity index (χ3v) is 5.62. The third kappa shape index (κ3) is 3.86. The van der Waals surface area contributed by atoms with E-state index in [-0.39, 0.29) is 23.7 Å². The van der Waals surface area contributed by atoms with Crippen LogP contribution in [0.1, 0.15) is 31.5 Å². The molecule has 0 spiro atoms. The lowest BCUT2D eigenvalue weighted by Gasteiger charge is -2.39. The molecule has 25 heavy (non-hydrogen) atoms. The van der Waals surface area contributed by atoms with Gasteiger partial charge in [0.25, 0.3) is 0 Å². The van der Waals surface area contributed by atoms with Gasteiger partial charge in [0.05, 0.1) is 12.5 Å². The second-order valence-corrected chi connectivity index (χ2v) is 7.53. The van der Waals surface area contributed by atoms with Gasteiger partial charge in [-0.2, -0.15) is 0 Å². The molecule has 2 aliphatic heterocycles. The number of carbonyl (C=O) groups is 2. The lowest BCUT2D eigenvalue weighted by atomic mass is 9.95. The average Bonchev–Trinajstić information content (AvgIpc) is 3.39. The monoisotopic (exact) mass is 345 g/mol. The Hall–Kier alpha value is -1.89. The van der Waals surface area contributed by atoms with Gasteiger partial charge in [-0.15, -0.1) is 0 Å². The zero-order valence-corrected chi connectivity index (χ0v) is 14.7. The van der Waals surface area contributed by atoms with E-state index in [9.17, 15) is 9.59 Å². The van der Waals surface area contributed by atoms with Crippen molar-refractivity contribution in [2.24, 2.45) is 11.8 Å². The Bertz CT molecular complexity index is 605. The minimum absolute atomic E-state index is 0.00641. The van der Waals surface area contributed by atoms with Crippen LogP contribution in [0.25, 0.3) is 0 Å². The number of nitrogens with zero attached hydrogens (tertiary/aromatic N) is 4. The zero-order chi connectivity index (χ0) is 17.2. The topological polar surface area (TPSA) is 72.5 Å². The average molecular weight is 345 g/mol. The van der Waals surface area contributed by atoms with Gasteiger partial charge in [-0.3, -0.25) is 14.5 Å². The van der Waals surface area contributed by atoms with Crippen molar-refractivity contribution in [1.82, 2.24) is 24.7 Å². The molecule has 1 unspecified atom stereocenters. The number of H-pyrrole nitrogens is 1. The van der Waals surface area contributed by atoms with Crippen LogP contribution in [0.15, 0.2) is 12.4 Å². The predicted molar refractivity (Wildman–Crippen MR) is 92.5 cm³/mol. The molecular weight excluding hydrogens is 318 g/mol. The summed E-state index contributed by atoms with van der Waals surface area (Å²) in [5.41, 5.74) is 0. The molecule has 0 bridgehead atoms. The number of amides is 2. The number of carbonyl (C=O) groups excluding carboxylic acids is 2. The van der Waals surface area contributed by atoms with E-state index in [1.165, 1.54) is 0 Å². The van der Waals surface area contributed by atoms with E-state index in [0.717, 1.165) is 70.8 Å². The first-order valence-electron chi connectivity index (χ1n) is 9.49. The molecule has 136 valence electrons. The summed E-state index contributed by atoms with van der Waals surface area (Å²) in [5, 5.41) is 0. The maximum absolute atomic E-state index is 12.9. The second kappa shape index (κ2) is 7.15. The Morgan fingerprint density at radius 1 is 1.00 bits per heavy atom. The standard InChI is InChI=1S/C18H27N5O2/c24-17(14-3-4-14)23-7-1-2-15(12-23)18(25)22-10-8-21(9-11-22)13-16-19-5-6-20-16/h5-6,14-15H,1-4,7-13H2,(H,19,20). The van der Waals surface area contributed by atoms with Gasteiger partial charge in [0, 0.05) is 57.6 Å². The number of aromatic nitrogens is 2. The summed E-state index contributed by atoms with van der Waals surface area (Å²) >= 11 is 0. The molecule has 1 aromatic heterocycles. The number of imidazole rings is 1. The Labute approximate surface area is 148 Å². The summed E-state index contributed by atoms with van der Waals surface area (Å²) in [6, 6.07) is 0. The first-order chi connectivity index (χ1) is 12.2. The molecular formula is C18H27N5O2. The smallest absolute Gasteiger partial charge is 0.227 e. The number of piperazine rings is 1. The van der Waals surface area contributed by atoms with Crippen LogP contribution in [-0.4, -0.2) is 75.8 Å². The Balaban J connectivity index is 1.27. The molecule has 7 nitrogen and oxygen atoms in total. The normalized spacial score (nSPS) is 25.2. The van der Waals surface area contributed by atoms with Gasteiger partial charge in [0.15, 0.2) is 0 Å². The number of rotatable bonds is 4. The lowest BCUT2D eigenvalue weighted by Crippen LogP contribution is -2.53. The zero-order valence-electron chi connectivity index (χ0n) is 14.7. The molecule has 4 rings (SSSR count). The van der Waals surface area contributed by atoms with E-state index >= 15 is 0 Å². The molecule has 0 radical (unpaired) electrons. The highest BCUT2D eigenvalue weighted by molar-refractivity contribution is 5.83. The minimum Gasteiger partial charge on any atom is -0.348 e. The molecule has 1 saturated carbocycles. The Morgan fingerprint density at radius 2 is 1.76 bits per heavy atom. The molecule has 0 aromatic carbocycles. The first-order valence-corrected chi connectivity index (χ1v) is 9.49. The maximum Gasteiger partial charge on any atom is 0.227 e. The fraction of sp³-hybridized carbons (Fsp3) is 0.722. The van der Waals surface area contributed by atoms with Crippen molar-refractivity contribution in [2.45, 2.75) is 32.2 Å². The van der Waals surface area contributed by atoms with E-state index in [1.54, 1.807) is 6.20 Å². The molecule has 7 heteroatoms. The predicted octanol–water partition coefficient (Wildman–Crippen LogP) is 0.703. The van der Waals surface area contributed by atoms with Gasteiger partial charge in [-0.05, 0) is 25.7 Å². The number of nitrogens with one attached hydrogen (secondary N) is 1. The van der Waals surface area contributed by atoms with Crippen molar-refractivity contribution in [3.63, 3.8) is 0 Å². The van der Waals surface area contributed by atoms with E-state index < -0.39 is 0 Å². The summed E-state index contributed by atoms with van der Waals surface area (Å²) in [4.78, 5) is 38.8. The van der Waals surface area contributed by atoms with Gasteiger partial charge in [-0.1, -0.05) is 0 Å². The van der Waals surface area contributed by atoms with E-state index in [1.807, 2.05) is 16.0 Å². The molecule has 3 heterocycles. The molecule has 3 aliphatic rings. The van der Waals surface area contributed by atoms with E-state index in [4.69, 9.17) is 0 Å². The highest BCUT2D eigenvalue weighted by Gasteiger charge is 2.38. The van der Waals surface area contributed by atoms with Crippen molar-refractivity contribution in [3.8, 4) is 0 Å². The van der Waals surface area contributed by atoms with Crippen LogP contribution in [0.3, 0.4) is 0 Å². The van der Waals surface area contributed by atoms with Crippen LogP contribution in [0.5, 0.6) is 0 Å². The first kappa shape index (κ1) is 16.6. The van der Waals surface area contributed by atoms with Crippen LogP contribution in [0.2, 0.25) is 0 Å². The summed E-state index contributed by atoms with van der Waals surface area (Å²) in [5.74, 6) is 1.74. The van der Waals surface area contributed by atoms with Crippen LogP contribution in [0, 0.1) is 11.8 Å². The molecule has 1 aliphatic carbocycles. The van der Waals surface area contributed by atoms with Gasteiger partial charge in [0.2, 0.25) is 11.8 Å². The third-order valence-electron chi connectivity index (χ3n) is 5.62. The van der Waals surface area contributed by atoms with Gasteiger partial charge < -0.3 is 14.8 Å². The van der Waals surface area contributed by atoms with Gasteiger partial charge in [-0.25, -0.2) is 4.98 Å². The van der Waals surface area contributed by atoms with Gasteiger partial charge >= 0.3 is 0 Å². The quantitative estimate of drug-likeness (QED) is 0.872. The molecule has 2 amide bonds. The Morgan fingerprint density at radius 3 is 2.44 bits per heavy atom. The van der Waals surface area contributed by atoms with E-state index in [2.05, 4.69) is 14.9 Å². The van der Waals surface area contributed by atoms with Crippen LogP contribution in [0.4, 0.5) is 0 Å². The van der Waals surface area contributed by atoms with E-state index in [0.29, 0.717) is 6.54 Å². The fourth-order valence-electron chi connectivity index (χ4n) is 3.95. The fourth-order valence-corrected chi connectivity index (χ4v) is 3.95. The highest BCUT2D eigenvalue weighted by Crippen LogP contribution is 2.32. The number of piperidine rings is 1. The molecule has 3 fully saturated rings. The van der Waals surface area contributed by atoms with Crippen molar-refractivity contribution in [1.29, 1.82) is 0 Å².